The number of hydrogen-bond donors (Lipinski definition) is 1. The van der Waals surface area contributed by atoms with E-state index in [0.717, 1.165) is 32.4 Å². The number of likely N-dealkylation sites (tertiary alicyclic amines) is 1. The van der Waals surface area contributed by atoms with E-state index in [4.69, 9.17) is 0 Å². The monoisotopic (exact) mass is 397 g/mol. The zero-order valence-corrected chi connectivity index (χ0v) is 16.8. The summed E-state index contributed by atoms with van der Waals surface area (Å²) in [7, 11) is 0. The van der Waals surface area contributed by atoms with Crippen molar-refractivity contribution in [2.75, 3.05) is 19.6 Å². The summed E-state index contributed by atoms with van der Waals surface area (Å²) in [6.45, 7) is 4.80. The summed E-state index contributed by atoms with van der Waals surface area (Å²) in [6.07, 6.45) is 5.09. The first-order valence-corrected chi connectivity index (χ1v) is 10.1. The first-order chi connectivity index (χ1) is 11.6. The summed E-state index contributed by atoms with van der Waals surface area (Å²) >= 11 is 3.57. The Balaban J connectivity index is 0.00000225. The molecule has 1 N–H and O–H groups in total. The van der Waals surface area contributed by atoms with Gasteiger partial charge in [-0.05, 0) is 61.2 Å². The molecular formula is C19H24ClNO2S2. The Labute approximate surface area is 163 Å². The minimum absolute atomic E-state index is 0. The second-order valence-electron chi connectivity index (χ2n) is 6.29. The molecule has 0 radical (unpaired) electrons. The number of rotatable bonds is 6. The molecule has 0 aliphatic carbocycles. The van der Waals surface area contributed by atoms with Crippen molar-refractivity contribution in [1.82, 2.24) is 4.90 Å². The van der Waals surface area contributed by atoms with E-state index >= 15 is 0 Å². The van der Waals surface area contributed by atoms with Gasteiger partial charge in [0.25, 0.3) is 0 Å². The second kappa shape index (κ2) is 9.53. The lowest BCUT2D eigenvalue weighted by Gasteiger charge is -2.30. The van der Waals surface area contributed by atoms with Crippen LogP contribution in [-0.4, -0.2) is 35.6 Å². The number of hydrogen-bond acceptors (Lipinski definition) is 4. The molecule has 1 atom stereocenters. The van der Waals surface area contributed by atoms with Gasteiger partial charge in [-0.3, -0.25) is 4.79 Å². The molecule has 1 fully saturated rings. The van der Waals surface area contributed by atoms with E-state index in [1.54, 1.807) is 22.7 Å². The van der Waals surface area contributed by atoms with Crippen LogP contribution < -0.4 is 0 Å². The van der Waals surface area contributed by atoms with Crippen LogP contribution in [0.25, 0.3) is 5.57 Å². The molecule has 1 aliphatic rings. The Morgan fingerprint density at radius 3 is 2.84 bits per heavy atom. The van der Waals surface area contributed by atoms with Gasteiger partial charge in [0.1, 0.15) is 0 Å². The van der Waals surface area contributed by atoms with Crippen LogP contribution in [0.3, 0.4) is 0 Å². The zero-order valence-electron chi connectivity index (χ0n) is 14.3. The minimum atomic E-state index is -0.649. The maximum Gasteiger partial charge on any atom is 0.307 e. The Kier molecular flexibility index (Phi) is 7.69. The van der Waals surface area contributed by atoms with Crippen molar-refractivity contribution < 1.29 is 9.90 Å². The molecule has 2 aromatic heterocycles. The Morgan fingerprint density at radius 1 is 1.36 bits per heavy atom. The van der Waals surface area contributed by atoms with E-state index < -0.39 is 5.97 Å². The van der Waals surface area contributed by atoms with Crippen molar-refractivity contribution in [1.29, 1.82) is 0 Å². The van der Waals surface area contributed by atoms with Crippen LogP contribution in [0.15, 0.2) is 35.0 Å². The normalized spacial score (nSPS) is 18.8. The van der Waals surface area contributed by atoms with Crippen LogP contribution in [0.1, 0.15) is 34.6 Å². The Bertz CT molecular complexity index is 709. The number of carboxylic acid groups (broad SMARTS) is 1. The molecule has 3 rings (SSSR count). The topological polar surface area (TPSA) is 40.5 Å². The highest BCUT2D eigenvalue weighted by Crippen LogP contribution is 2.33. The third-order valence-corrected chi connectivity index (χ3v) is 6.49. The van der Waals surface area contributed by atoms with Gasteiger partial charge < -0.3 is 10.0 Å². The highest BCUT2D eigenvalue weighted by molar-refractivity contribution is 7.13. The van der Waals surface area contributed by atoms with E-state index in [9.17, 15) is 9.90 Å². The number of carboxylic acids is 1. The van der Waals surface area contributed by atoms with Crippen molar-refractivity contribution in [3.63, 3.8) is 0 Å². The highest BCUT2D eigenvalue weighted by atomic mass is 35.5. The average molecular weight is 398 g/mol. The maximum absolute atomic E-state index is 11.2. The molecular weight excluding hydrogens is 374 g/mol. The second-order valence-corrected chi connectivity index (χ2v) is 8.16. The van der Waals surface area contributed by atoms with Crippen LogP contribution in [0.5, 0.6) is 0 Å². The summed E-state index contributed by atoms with van der Waals surface area (Å²) in [6, 6.07) is 6.44. The number of aliphatic carboxylic acids is 1. The van der Waals surface area contributed by atoms with Gasteiger partial charge in [0.15, 0.2) is 0 Å². The standard InChI is InChI=1S/C19H23NO2S2.ClH/c1-14-8-12-24-18(14)16(17-7-4-11-23-17)6-3-10-20-9-2-5-15(13-20)19(21)22;/h4,6-8,11-12,15H,2-3,5,9-10,13H2,1H3,(H,21,22);1H/b16-6+;/t15-;/m1./s1. The predicted molar refractivity (Wildman–Crippen MR) is 109 cm³/mol. The molecule has 1 saturated heterocycles. The van der Waals surface area contributed by atoms with E-state index in [2.05, 4.69) is 46.9 Å². The molecule has 2 aromatic rings. The molecule has 0 spiro atoms. The first-order valence-electron chi connectivity index (χ1n) is 8.39. The largest absolute Gasteiger partial charge is 0.481 e. The van der Waals surface area contributed by atoms with Gasteiger partial charge in [-0.25, -0.2) is 0 Å². The van der Waals surface area contributed by atoms with E-state index in [1.165, 1.54) is 20.9 Å². The van der Waals surface area contributed by atoms with Gasteiger partial charge in [0.05, 0.1) is 5.92 Å². The third kappa shape index (κ3) is 5.17. The van der Waals surface area contributed by atoms with Crippen LogP contribution >= 0.6 is 35.1 Å². The molecule has 3 nitrogen and oxygen atoms in total. The quantitative estimate of drug-likeness (QED) is 0.731. The summed E-state index contributed by atoms with van der Waals surface area (Å²) < 4.78 is 0. The van der Waals surface area contributed by atoms with Crippen molar-refractivity contribution in [2.24, 2.45) is 5.92 Å². The number of aryl methyl sites for hydroxylation is 1. The maximum atomic E-state index is 11.2. The van der Waals surface area contributed by atoms with Gasteiger partial charge in [-0.15, -0.1) is 35.1 Å². The number of piperidine rings is 1. The van der Waals surface area contributed by atoms with Crippen molar-refractivity contribution in [2.45, 2.75) is 26.2 Å². The van der Waals surface area contributed by atoms with Crippen molar-refractivity contribution in [3.05, 3.63) is 50.4 Å². The SMILES string of the molecule is Cc1ccsc1/C(=C/CCN1CCC[C@@H](C(=O)O)C1)c1cccs1.Cl. The Morgan fingerprint density at radius 2 is 2.20 bits per heavy atom. The third-order valence-electron chi connectivity index (χ3n) is 4.54. The summed E-state index contributed by atoms with van der Waals surface area (Å²) in [4.78, 5) is 16.1. The summed E-state index contributed by atoms with van der Waals surface area (Å²) in [5.41, 5.74) is 2.65. The molecule has 136 valence electrons. The molecule has 6 heteroatoms. The van der Waals surface area contributed by atoms with Crippen LogP contribution in [0, 0.1) is 12.8 Å². The molecule has 25 heavy (non-hydrogen) atoms. The van der Waals surface area contributed by atoms with Crippen molar-refractivity contribution in [3.8, 4) is 0 Å². The minimum Gasteiger partial charge on any atom is -0.481 e. The van der Waals surface area contributed by atoms with Crippen LogP contribution in [-0.2, 0) is 4.79 Å². The lowest BCUT2D eigenvalue weighted by Crippen LogP contribution is -2.39. The van der Waals surface area contributed by atoms with Gasteiger partial charge >= 0.3 is 5.97 Å². The van der Waals surface area contributed by atoms with E-state index in [-0.39, 0.29) is 18.3 Å². The van der Waals surface area contributed by atoms with Gasteiger partial charge in [-0.2, -0.15) is 0 Å². The molecule has 0 saturated carbocycles. The fourth-order valence-corrected chi connectivity index (χ4v) is 5.06. The molecule has 1 aliphatic heterocycles. The van der Waals surface area contributed by atoms with E-state index in [1.807, 2.05) is 0 Å². The number of halogens is 1. The van der Waals surface area contributed by atoms with E-state index in [0.29, 0.717) is 6.54 Å². The van der Waals surface area contributed by atoms with Crippen LogP contribution in [0.4, 0.5) is 0 Å². The fraction of sp³-hybridized carbons (Fsp3) is 0.421. The predicted octanol–water partition coefficient (Wildman–Crippen LogP) is 5.16. The van der Waals surface area contributed by atoms with Crippen molar-refractivity contribution >= 4 is 46.6 Å². The number of carbonyl (C=O) groups is 1. The molecule has 0 aromatic carbocycles. The smallest absolute Gasteiger partial charge is 0.307 e. The van der Waals surface area contributed by atoms with Gasteiger partial charge in [0, 0.05) is 28.4 Å². The molecule has 0 amide bonds. The lowest BCUT2D eigenvalue weighted by molar-refractivity contribution is -0.143. The lowest BCUT2D eigenvalue weighted by atomic mass is 9.98. The molecule has 0 unspecified atom stereocenters. The van der Waals surface area contributed by atoms with Crippen LogP contribution in [0.2, 0.25) is 0 Å². The van der Waals surface area contributed by atoms with Gasteiger partial charge in [-0.1, -0.05) is 12.1 Å². The number of thiophene rings is 2. The molecule has 3 heterocycles. The van der Waals surface area contributed by atoms with Gasteiger partial charge in [0.2, 0.25) is 0 Å². The summed E-state index contributed by atoms with van der Waals surface area (Å²) in [5.74, 6) is -0.845. The fourth-order valence-electron chi connectivity index (χ4n) is 3.24. The average Bonchev–Trinajstić information content (AvgIpc) is 3.24. The summed E-state index contributed by atoms with van der Waals surface area (Å²) in [5, 5.41) is 13.5. The molecule has 0 bridgehead atoms. The Hall–Kier alpha value is -1.14. The zero-order chi connectivity index (χ0) is 16.9. The highest BCUT2D eigenvalue weighted by Gasteiger charge is 2.24. The first kappa shape index (κ1) is 20.2. The number of nitrogens with zero attached hydrogens (tertiary/aromatic N) is 1.